The summed E-state index contributed by atoms with van der Waals surface area (Å²) in [4.78, 5) is 21.8. The third kappa shape index (κ3) is 3.58. The number of hydrogen-bond donors (Lipinski definition) is 2. The Morgan fingerprint density at radius 3 is 2.84 bits per heavy atom. The van der Waals surface area contributed by atoms with E-state index in [1.54, 1.807) is 0 Å². The fourth-order valence-corrected chi connectivity index (χ4v) is 7.34. The van der Waals surface area contributed by atoms with Crippen molar-refractivity contribution in [2.75, 3.05) is 11.9 Å². The summed E-state index contributed by atoms with van der Waals surface area (Å²) in [5.74, 6) is 0.195. The average molecular weight is 439 g/mol. The van der Waals surface area contributed by atoms with Crippen LogP contribution in [0.15, 0.2) is 30.3 Å². The summed E-state index contributed by atoms with van der Waals surface area (Å²) in [6, 6.07) is 12.1. The van der Waals surface area contributed by atoms with Gasteiger partial charge in [0.2, 0.25) is 0 Å². The lowest BCUT2D eigenvalue weighted by molar-refractivity contribution is 0.0616. The van der Waals surface area contributed by atoms with Gasteiger partial charge in [-0.05, 0) is 45.1 Å². The molecular weight excluding hydrogens is 404 g/mol. The fourth-order valence-electron chi connectivity index (χ4n) is 6.37. The maximum absolute atomic E-state index is 14.0. The number of likely N-dealkylation sites (tertiary alicyclic amines) is 1. The smallest absolute Gasteiger partial charge is 0.266 e. The van der Waals surface area contributed by atoms with Crippen LogP contribution in [-0.2, 0) is 6.42 Å². The van der Waals surface area contributed by atoms with Gasteiger partial charge in [-0.3, -0.25) is 4.79 Å². The lowest BCUT2D eigenvalue weighted by Crippen LogP contribution is -2.57. The number of thiazole rings is 1. The van der Waals surface area contributed by atoms with Crippen molar-refractivity contribution >= 4 is 22.4 Å². The third-order valence-corrected chi connectivity index (χ3v) is 8.95. The second-order valence-corrected chi connectivity index (χ2v) is 10.8. The minimum atomic E-state index is 0.160. The predicted molar refractivity (Wildman–Crippen MR) is 127 cm³/mol. The van der Waals surface area contributed by atoms with E-state index < -0.39 is 0 Å². The number of anilines is 1. The molecule has 3 heterocycles. The highest BCUT2D eigenvalue weighted by atomic mass is 32.1. The molecule has 1 amide bonds. The van der Waals surface area contributed by atoms with Crippen LogP contribution in [0.2, 0.25) is 0 Å². The SMILES string of the molecule is CCNc1nc(C)c(C(=O)N2[C@H]3CCCC[C@H]4N[C@H](Cc5ccccc5)[C@@H]2C[C@@]34C)s1. The minimum absolute atomic E-state index is 0.160. The van der Waals surface area contributed by atoms with Crippen LogP contribution >= 0.6 is 11.3 Å². The van der Waals surface area contributed by atoms with Crippen molar-refractivity contribution in [2.24, 2.45) is 5.41 Å². The summed E-state index contributed by atoms with van der Waals surface area (Å²) in [6.45, 7) is 7.29. The molecule has 5 rings (SSSR count). The molecule has 2 aromatic rings. The molecule has 0 spiro atoms. The fraction of sp³-hybridized carbons (Fsp3) is 0.600. The van der Waals surface area contributed by atoms with Crippen molar-refractivity contribution in [3.8, 4) is 0 Å². The molecular formula is C25H34N4OS. The first kappa shape index (κ1) is 21.0. The Morgan fingerprint density at radius 2 is 2.06 bits per heavy atom. The molecule has 0 radical (unpaired) electrons. The zero-order valence-corrected chi connectivity index (χ0v) is 19.7. The van der Waals surface area contributed by atoms with Crippen LogP contribution in [0, 0.1) is 12.3 Å². The number of benzene rings is 1. The number of fused-ring (bicyclic) bond motifs is 1. The number of nitrogens with zero attached hydrogens (tertiary/aromatic N) is 2. The Hall–Kier alpha value is -1.92. The second-order valence-electron chi connectivity index (χ2n) is 9.77. The van der Waals surface area contributed by atoms with Gasteiger partial charge in [0.25, 0.3) is 5.91 Å². The van der Waals surface area contributed by atoms with Gasteiger partial charge in [0.1, 0.15) is 4.88 Å². The van der Waals surface area contributed by atoms with E-state index in [9.17, 15) is 4.79 Å². The monoisotopic (exact) mass is 438 g/mol. The molecule has 5 atom stereocenters. The number of carbonyl (C=O) groups is 1. The van der Waals surface area contributed by atoms with Gasteiger partial charge in [-0.25, -0.2) is 4.98 Å². The predicted octanol–water partition coefficient (Wildman–Crippen LogP) is 4.63. The standard InChI is InChI=1S/C25H34N4OS/c1-4-26-24-27-16(2)22(31-24)23(30)29-19-15-25(3)20(12-8-9-13-21(25)29)28-18(19)14-17-10-6-5-7-11-17/h5-7,10-11,18-21,28H,4,8-9,12-15H2,1-3H3,(H,26,27)/t18-,19+,20-,21+,25-/m1/s1. The Balaban J connectivity index is 1.51. The van der Waals surface area contributed by atoms with E-state index in [1.165, 1.54) is 36.2 Å². The molecule has 3 fully saturated rings. The van der Waals surface area contributed by atoms with E-state index in [4.69, 9.17) is 0 Å². The van der Waals surface area contributed by atoms with Crippen LogP contribution in [0.25, 0.3) is 0 Å². The summed E-state index contributed by atoms with van der Waals surface area (Å²) < 4.78 is 0. The molecule has 2 aliphatic heterocycles. The number of nitrogens with one attached hydrogen (secondary N) is 2. The van der Waals surface area contributed by atoms with Crippen LogP contribution in [0.5, 0.6) is 0 Å². The van der Waals surface area contributed by atoms with E-state index in [0.29, 0.717) is 18.1 Å². The second kappa shape index (κ2) is 8.21. The van der Waals surface area contributed by atoms with E-state index in [2.05, 4.69) is 64.7 Å². The van der Waals surface area contributed by atoms with Gasteiger partial charge in [0, 0.05) is 36.1 Å². The Labute approximate surface area is 189 Å². The van der Waals surface area contributed by atoms with Crippen molar-refractivity contribution in [3.05, 3.63) is 46.5 Å². The number of carbonyl (C=O) groups excluding carboxylic acids is 1. The molecule has 2 N–H and O–H groups in total. The first-order chi connectivity index (χ1) is 15.0. The van der Waals surface area contributed by atoms with E-state index in [1.807, 2.05) is 6.92 Å². The highest BCUT2D eigenvalue weighted by Crippen LogP contribution is 2.53. The quantitative estimate of drug-likeness (QED) is 0.715. The first-order valence-electron chi connectivity index (χ1n) is 11.8. The number of piperidine rings is 1. The van der Waals surface area contributed by atoms with Gasteiger partial charge in [0.15, 0.2) is 5.13 Å². The topological polar surface area (TPSA) is 57.3 Å². The third-order valence-electron chi connectivity index (χ3n) is 7.85. The van der Waals surface area contributed by atoms with Gasteiger partial charge in [-0.2, -0.15) is 0 Å². The molecule has 3 aliphatic rings. The highest BCUT2D eigenvalue weighted by molar-refractivity contribution is 7.17. The molecule has 1 aromatic heterocycles. The molecule has 0 unspecified atom stereocenters. The Bertz CT molecular complexity index is 944. The largest absolute Gasteiger partial charge is 0.362 e. The molecule has 2 saturated heterocycles. The van der Waals surface area contributed by atoms with E-state index >= 15 is 0 Å². The molecule has 31 heavy (non-hydrogen) atoms. The lowest BCUT2D eigenvalue weighted by atomic mass is 9.70. The van der Waals surface area contributed by atoms with Crippen molar-refractivity contribution in [1.82, 2.24) is 15.2 Å². The van der Waals surface area contributed by atoms with Crippen molar-refractivity contribution in [1.29, 1.82) is 0 Å². The Morgan fingerprint density at radius 1 is 1.29 bits per heavy atom. The summed E-state index contributed by atoms with van der Waals surface area (Å²) in [5.41, 5.74) is 2.36. The molecule has 1 saturated carbocycles. The number of amides is 1. The number of aromatic nitrogens is 1. The normalized spacial score (nSPS) is 32.0. The zero-order valence-electron chi connectivity index (χ0n) is 18.9. The zero-order chi connectivity index (χ0) is 21.6. The summed E-state index contributed by atoms with van der Waals surface area (Å²) in [5, 5.41) is 8.18. The van der Waals surface area contributed by atoms with E-state index in [0.717, 1.165) is 41.5 Å². The molecule has 5 nitrogen and oxygen atoms in total. The molecule has 166 valence electrons. The number of aryl methyl sites for hydroxylation is 1. The van der Waals surface area contributed by atoms with Crippen LogP contribution < -0.4 is 10.6 Å². The lowest BCUT2D eigenvalue weighted by Gasteiger charge is -2.43. The average Bonchev–Trinajstić information content (AvgIpc) is 3.19. The van der Waals surface area contributed by atoms with Crippen LogP contribution in [0.4, 0.5) is 5.13 Å². The maximum Gasteiger partial charge on any atom is 0.266 e. The molecule has 1 aliphatic carbocycles. The van der Waals surface area contributed by atoms with Crippen LogP contribution in [0.1, 0.15) is 66.9 Å². The summed E-state index contributed by atoms with van der Waals surface area (Å²) in [6.07, 6.45) is 6.88. The van der Waals surface area contributed by atoms with Crippen LogP contribution in [0.3, 0.4) is 0 Å². The highest BCUT2D eigenvalue weighted by Gasteiger charge is 2.60. The van der Waals surface area contributed by atoms with Crippen molar-refractivity contribution < 1.29 is 4.79 Å². The Kier molecular flexibility index (Phi) is 5.55. The first-order valence-corrected chi connectivity index (χ1v) is 12.7. The van der Waals surface area contributed by atoms with Gasteiger partial charge in [-0.15, -0.1) is 0 Å². The molecule has 6 heteroatoms. The van der Waals surface area contributed by atoms with Crippen LogP contribution in [-0.4, -0.2) is 46.5 Å². The summed E-state index contributed by atoms with van der Waals surface area (Å²) in [7, 11) is 0. The van der Waals surface area contributed by atoms with Crippen molar-refractivity contribution in [3.63, 3.8) is 0 Å². The maximum atomic E-state index is 14.0. The van der Waals surface area contributed by atoms with Gasteiger partial charge in [0.05, 0.1) is 5.69 Å². The van der Waals surface area contributed by atoms with Gasteiger partial charge >= 0.3 is 0 Å². The van der Waals surface area contributed by atoms with E-state index in [-0.39, 0.29) is 17.4 Å². The molecule has 1 aromatic carbocycles. The number of rotatable bonds is 5. The van der Waals surface area contributed by atoms with Gasteiger partial charge in [-0.1, -0.05) is 61.4 Å². The van der Waals surface area contributed by atoms with Crippen molar-refractivity contribution in [2.45, 2.75) is 83.5 Å². The summed E-state index contributed by atoms with van der Waals surface area (Å²) >= 11 is 1.52. The van der Waals surface area contributed by atoms with Gasteiger partial charge < -0.3 is 15.5 Å². The number of hydrogen-bond acceptors (Lipinski definition) is 5. The molecule has 2 bridgehead atoms. The minimum Gasteiger partial charge on any atom is -0.362 e.